The Morgan fingerprint density at radius 3 is 2.67 bits per heavy atom. The maximum absolute atomic E-state index is 10.6. The number of aryl methyl sites for hydroxylation is 2. The molecule has 0 saturated heterocycles. The van der Waals surface area contributed by atoms with Crippen LogP contribution in [0.4, 0.5) is 17.2 Å². The zero-order chi connectivity index (χ0) is 25.9. The number of carbonyl (C=O) groups excluding carboxylic acids is 1. The van der Waals surface area contributed by atoms with Crippen LogP contribution >= 0.6 is 0 Å². The zero-order valence-electron chi connectivity index (χ0n) is 20.6. The van der Waals surface area contributed by atoms with Crippen molar-refractivity contribution in [2.75, 3.05) is 12.4 Å². The molecule has 1 saturated carbocycles. The molecule has 2 N–H and O–H groups in total. The topological polar surface area (TPSA) is 119 Å². The monoisotopic (exact) mass is 492 g/mol. The summed E-state index contributed by atoms with van der Waals surface area (Å²) in [5.74, 6) is 1.89. The fraction of sp³-hybridized carbons (Fsp3) is 0.333. The molecular weight excluding hydrogens is 460 g/mol. The maximum Gasteiger partial charge on any atom is 0.269 e. The SMILES string of the molecule is C=COC1CCC(c2cc(Nc3ccc(C)c(CCC=O)c3)n[nH]2)C1.COc1ccc([N+](=O)[O-])cc1. The molecule has 2 atom stereocenters. The van der Waals surface area contributed by atoms with E-state index in [4.69, 9.17) is 9.47 Å². The second kappa shape index (κ2) is 13.1. The number of anilines is 2. The van der Waals surface area contributed by atoms with Gasteiger partial charge in [-0.3, -0.25) is 15.2 Å². The summed E-state index contributed by atoms with van der Waals surface area (Å²) in [6.45, 7) is 5.70. The number of aromatic amines is 1. The summed E-state index contributed by atoms with van der Waals surface area (Å²) < 4.78 is 10.3. The van der Waals surface area contributed by atoms with Gasteiger partial charge in [0.1, 0.15) is 12.0 Å². The van der Waals surface area contributed by atoms with E-state index in [2.05, 4.69) is 47.2 Å². The summed E-state index contributed by atoms with van der Waals surface area (Å²) in [5.41, 5.74) is 4.60. The van der Waals surface area contributed by atoms with E-state index in [-0.39, 0.29) is 11.8 Å². The number of aromatic nitrogens is 2. The molecule has 1 aliphatic carbocycles. The van der Waals surface area contributed by atoms with Crippen LogP contribution < -0.4 is 10.1 Å². The molecule has 1 fully saturated rings. The summed E-state index contributed by atoms with van der Waals surface area (Å²) in [6, 6.07) is 14.2. The summed E-state index contributed by atoms with van der Waals surface area (Å²) in [4.78, 5) is 20.3. The first-order chi connectivity index (χ1) is 17.4. The van der Waals surface area contributed by atoms with Gasteiger partial charge in [-0.25, -0.2) is 0 Å². The lowest BCUT2D eigenvalue weighted by molar-refractivity contribution is -0.384. The van der Waals surface area contributed by atoms with Gasteiger partial charge < -0.3 is 19.6 Å². The molecule has 3 aromatic rings. The number of aldehydes is 1. The number of nitrogens with one attached hydrogen (secondary N) is 2. The van der Waals surface area contributed by atoms with Gasteiger partial charge >= 0.3 is 0 Å². The molecule has 0 radical (unpaired) electrons. The van der Waals surface area contributed by atoms with Crippen LogP contribution in [0.2, 0.25) is 0 Å². The van der Waals surface area contributed by atoms with Crippen LogP contribution in [0.3, 0.4) is 0 Å². The van der Waals surface area contributed by atoms with Crippen LogP contribution in [0.15, 0.2) is 61.4 Å². The van der Waals surface area contributed by atoms with Crippen molar-refractivity contribution in [1.29, 1.82) is 0 Å². The average molecular weight is 493 g/mol. The van der Waals surface area contributed by atoms with Crippen LogP contribution in [-0.2, 0) is 16.0 Å². The Bertz CT molecular complexity index is 1160. The largest absolute Gasteiger partial charge is 0.499 e. The van der Waals surface area contributed by atoms with Gasteiger partial charge in [0.2, 0.25) is 0 Å². The standard InChI is InChI=1S/C20H25N3O2.C7H7NO3/c1-3-25-18-9-7-16(12-18)19-13-20(23-22-19)21-17-8-6-14(2)15(11-17)5-4-10-24;1-11-7-4-2-6(3-5-7)8(9)10/h3,6,8,10-11,13,16,18H,1,4-5,7,9,12H2,2H3,(H2,21,22,23);2-5H,1H3. The van der Waals surface area contributed by atoms with Crippen molar-refractivity contribution in [2.24, 2.45) is 0 Å². The predicted octanol–water partition coefficient (Wildman–Crippen LogP) is 5.99. The molecule has 2 unspecified atom stereocenters. The van der Waals surface area contributed by atoms with Crippen molar-refractivity contribution < 1.29 is 19.2 Å². The number of hydrogen-bond donors (Lipinski definition) is 2. The van der Waals surface area contributed by atoms with Gasteiger partial charge in [-0.15, -0.1) is 0 Å². The number of benzene rings is 2. The summed E-state index contributed by atoms with van der Waals surface area (Å²) >= 11 is 0. The molecule has 0 bridgehead atoms. The quantitative estimate of drug-likeness (QED) is 0.154. The number of carbonyl (C=O) groups is 1. The number of nitro benzene ring substituents is 1. The number of nitrogens with zero attached hydrogens (tertiary/aromatic N) is 2. The van der Waals surface area contributed by atoms with Gasteiger partial charge in [-0.05, 0) is 68.0 Å². The molecule has 0 aliphatic heterocycles. The van der Waals surface area contributed by atoms with Gasteiger partial charge in [0, 0.05) is 41.9 Å². The van der Waals surface area contributed by atoms with E-state index in [0.29, 0.717) is 18.1 Å². The highest BCUT2D eigenvalue weighted by molar-refractivity contribution is 5.59. The molecule has 2 aromatic carbocycles. The van der Waals surface area contributed by atoms with Crippen molar-refractivity contribution in [3.8, 4) is 5.75 Å². The lowest BCUT2D eigenvalue weighted by Gasteiger charge is -2.09. The van der Waals surface area contributed by atoms with Crippen LogP contribution in [0.1, 0.15) is 48.4 Å². The average Bonchev–Trinajstić information content (AvgIpc) is 3.54. The van der Waals surface area contributed by atoms with Crippen molar-refractivity contribution in [3.05, 3.63) is 88.3 Å². The van der Waals surface area contributed by atoms with Crippen molar-refractivity contribution in [2.45, 2.75) is 51.0 Å². The van der Waals surface area contributed by atoms with Crippen molar-refractivity contribution in [3.63, 3.8) is 0 Å². The smallest absolute Gasteiger partial charge is 0.269 e. The van der Waals surface area contributed by atoms with Crippen molar-refractivity contribution in [1.82, 2.24) is 10.2 Å². The zero-order valence-corrected chi connectivity index (χ0v) is 20.6. The summed E-state index contributed by atoms with van der Waals surface area (Å²) in [6.07, 6.45) is 7.22. The Balaban J connectivity index is 0.000000275. The number of non-ortho nitro benzene ring substituents is 1. The Kier molecular flexibility index (Phi) is 9.62. The minimum atomic E-state index is -0.445. The van der Waals surface area contributed by atoms with Gasteiger partial charge in [0.05, 0.1) is 24.4 Å². The molecule has 9 nitrogen and oxygen atoms in total. The third kappa shape index (κ3) is 7.43. The maximum atomic E-state index is 10.6. The lowest BCUT2D eigenvalue weighted by Crippen LogP contribution is -2.03. The Labute approximate surface area is 210 Å². The van der Waals surface area contributed by atoms with Gasteiger partial charge in [0.25, 0.3) is 5.69 Å². The minimum absolute atomic E-state index is 0.0748. The first kappa shape index (κ1) is 26.5. The molecule has 1 aromatic heterocycles. The fourth-order valence-electron chi connectivity index (χ4n) is 4.18. The first-order valence-electron chi connectivity index (χ1n) is 11.8. The molecule has 4 rings (SSSR count). The van der Waals surface area contributed by atoms with Crippen molar-refractivity contribution >= 4 is 23.5 Å². The minimum Gasteiger partial charge on any atom is -0.499 e. The van der Waals surface area contributed by atoms with Gasteiger partial charge in [-0.1, -0.05) is 12.6 Å². The molecule has 0 amide bonds. The molecule has 0 spiro atoms. The Morgan fingerprint density at radius 1 is 1.22 bits per heavy atom. The van der Waals surface area contributed by atoms with E-state index in [1.165, 1.54) is 36.6 Å². The van der Waals surface area contributed by atoms with Crippen LogP contribution in [0, 0.1) is 17.0 Å². The van der Waals surface area contributed by atoms with Crippen LogP contribution in [-0.4, -0.2) is 34.6 Å². The van der Waals surface area contributed by atoms with E-state index in [1.807, 2.05) is 6.07 Å². The Morgan fingerprint density at radius 2 is 2.00 bits per heavy atom. The predicted molar refractivity (Wildman–Crippen MR) is 139 cm³/mol. The van der Waals surface area contributed by atoms with Crippen LogP contribution in [0.25, 0.3) is 0 Å². The van der Waals surface area contributed by atoms with E-state index < -0.39 is 4.92 Å². The highest BCUT2D eigenvalue weighted by Gasteiger charge is 2.27. The molecule has 9 heteroatoms. The third-order valence-corrected chi connectivity index (χ3v) is 6.15. The number of H-pyrrole nitrogens is 1. The van der Waals surface area contributed by atoms with E-state index in [1.54, 1.807) is 12.1 Å². The Hall–Kier alpha value is -4.14. The summed E-state index contributed by atoms with van der Waals surface area (Å²) in [7, 11) is 1.52. The van der Waals surface area contributed by atoms with Crippen LogP contribution in [0.5, 0.6) is 5.75 Å². The number of hydrogen-bond acceptors (Lipinski definition) is 7. The normalized spacial score (nSPS) is 16.4. The van der Waals surface area contributed by atoms with E-state index >= 15 is 0 Å². The van der Waals surface area contributed by atoms with Gasteiger partial charge in [0.15, 0.2) is 5.82 Å². The van der Waals surface area contributed by atoms with Gasteiger partial charge in [-0.2, -0.15) is 5.10 Å². The number of methoxy groups -OCH3 is 1. The first-order valence-corrected chi connectivity index (χ1v) is 11.8. The highest BCUT2D eigenvalue weighted by atomic mass is 16.6. The number of nitro groups is 1. The second-order valence-corrected chi connectivity index (χ2v) is 8.57. The molecule has 36 heavy (non-hydrogen) atoms. The molecule has 1 heterocycles. The fourth-order valence-corrected chi connectivity index (χ4v) is 4.18. The van der Waals surface area contributed by atoms with E-state index in [9.17, 15) is 14.9 Å². The molecular formula is C27H32N4O5. The molecule has 1 aliphatic rings. The summed E-state index contributed by atoms with van der Waals surface area (Å²) in [5, 5.41) is 21.1. The van der Waals surface area contributed by atoms with E-state index in [0.717, 1.165) is 49.2 Å². The number of ether oxygens (including phenoxy) is 2. The second-order valence-electron chi connectivity index (χ2n) is 8.57. The lowest BCUT2D eigenvalue weighted by atomic mass is 10.0. The third-order valence-electron chi connectivity index (χ3n) is 6.15. The number of rotatable bonds is 10. The highest BCUT2D eigenvalue weighted by Crippen LogP contribution is 2.36. The molecule has 190 valence electrons.